The van der Waals surface area contributed by atoms with E-state index in [0.29, 0.717) is 16.3 Å². The number of rotatable bonds is 4. The van der Waals surface area contributed by atoms with Gasteiger partial charge >= 0.3 is 0 Å². The molecule has 1 aromatic heterocycles. The summed E-state index contributed by atoms with van der Waals surface area (Å²) in [7, 11) is 0. The van der Waals surface area contributed by atoms with Crippen LogP contribution in [-0.2, 0) is 4.79 Å². The van der Waals surface area contributed by atoms with Gasteiger partial charge in [-0.3, -0.25) is 4.79 Å². The molecule has 1 rings (SSSR count). The Morgan fingerprint density at radius 3 is 2.71 bits per heavy atom. The predicted octanol–water partition coefficient (Wildman–Crippen LogP) is 0.306. The highest BCUT2D eigenvalue weighted by atomic mass is 32.2. The van der Waals surface area contributed by atoms with Crippen LogP contribution in [0.2, 0.25) is 0 Å². The topological polar surface area (TPSA) is 93.9 Å². The first kappa shape index (κ1) is 13.2. The molecule has 0 saturated carbocycles. The molecule has 5 nitrogen and oxygen atoms in total. The molecule has 0 aromatic carbocycles. The minimum absolute atomic E-state index is 0.178. The molecule has 0 amide bonds. The van der Waals surface area contributed by atoms with Gasteiger partial charge in [-0.15, -0.1) is 0 Å². The number of carbonyl (C=O) groups is 2. The van der Waals surface area contributed by atoms with Crippen molar-refractivity contribution in [1.82, 2.24) is 4.98 Å². The molecule has 0 N–H and O–H groups in total. The summed E-state index contributed by atoms with van der Waals surface area (Å²) in [5, 5.41) is 19.5. The third-order valence-corrected chi connectivity index (χ3v) is 2.97. The molecule has 0 radical (unpaired) electrons. The van der Waals surface area contributed by atoms with Crippen LogP contribution in [0.4, 0.5) is 0 Å². The van der Waals surface area contributed by atoms with Gasteiger partial charge in [-0.05, 0) is 19.9 Å². The number of hydrogen-bond acceptors (Lipinski definition) is 6. The molecule has 0 atom stereocenters. The fourth-order valence-electron chi connectivity index (χ4n) is 1.26. The van der Waals surface area contributed by atoms with E-state index in [1.54, 1.807) is 6.92 Å². The molecule has 1 aromatic rings. The molecule has 0 bridgehead atoms. The average molecular weight is 249 g/mol. The molecule has 0 unspecified atom stereocenters. The molecule has 6 heteroatoms. The van der Waals surface area contributed by atoms with Gasteiger partial charge in [-0.1, -0.05) is 11.8 Å². The number of aliphatic carboxylic acids is 1. The maximum atomic E-state index is 11.3. The van der Waals surface area contributed by atoms with Crippen molar-refractivity contribution < 1.29 is 14.7 Å². The molecule has 0 fully saturated rings. The number of Topliss-reactive ketones (excluding diaryl/α,β-unsaturated/α-hetero) is 1. The van der Waals surface area contributed by atoms with Crippen LogP contribution in [0, 0.1) is 18.3 Å². The first-order chi connectivity index (χ1) is 7.95. The van der Waals surface area contributed by atoms with E-state index < -0.39 is 5.97 Å². The van der Waals surface area contributed by atoms with Gasteiger partial charge in [0.25, 0.3) is 0 Å². The second-order valence-electron chi connectivity index (χ2n) is 3.30. The van der Waals surface area contributed by atoms with Crippen LogP contribution in [0.5, 0.6) is 0 Å². The van der Waals surface area contributed by atoms with Crippen LogP contribution in [0.25, 0.3) is 0 Å². The monoisotopic (exact) mass is 249 g/mol. The van der Waals surface area contributed by atoms with Gasteiger partial charge in [-0.25, -0.2) is 4.98 Å². The Bertz CT molecular complexity index is 520. The lowest BCUT2D eigenvalue weighted by Gasteiger charge is -2.07. The van der Waals surface area contributed by atoms with Crippen LogP contribution < -0.4 is 5.11 Å². The number of nitriles is 1. The SMILES string of the molecule is CC(=O)c1cc(C#N)c(SCC(=O)[O-])nc1C. The largest absolute Gasteiger partial charge is 0.549 e. The molecule has 0 aliphatic rings. The maximum absolute atomic E-state index is 11.3. The van der Waals surface area contributed by atoms with E-state index in [2.05, 4.69) is 4.98 Å². The minimum atomic E-state index is -1.23. The quantitative estimate of drug-likeness (QED) is 0.563. The number of nitrogens with zero attached hydrogens (tertiary/aromatic N) is 2. The third kappa shape index (κ3) is 3.29. The lowest BCUT2D eigenvalue weighted by atomic mass is 10.1. The number of ketones is 1. The first-order valence-corrected chi connectivity index (χ1v) is 5.69. The van der Waals surface area contributed by atoms with Gasteiger partial charge < -0.3 is 9.90 Å². The smallest absolute Gasteiger partial charge is 0.161 e. The number of carboxylic acid groups (broad SMARTS) is 1. The fourth-order valence-corrected chi connectivity index (χ4v) is 1.97. The molecule has 17 heavy (non-hydrogen) atoms. The number of carbonyl (C=O) groups excluding carboxylic acids is 2. The van der Waals surface area contributed by atoms with Crippen LogP contribution in [0.1, 0.15) is 28.5 Å². The van der Waals surface area contributed by atoms with Crippen molar-refractivity contribution >= 4 is 23.5 Å². The van der Waals surface area contributed by atoms with Gasteiger partial charge in [0.15, 0.2) is 5.78 Å². The van der Waals surface area contributed by atoms with Crippen molar-refractivity contribution in [2.45, 2.75) is 18.9 Å². The van der Waals surface area contributed by atoms with Crippen molar-refractivity contribution in [3.05, 3.63) is 22.9 Å². The summed E-state index contributed by atoms with van der Waals surface area (Å²) in [6.07, 6.45) is 0. The maximum Gasteiger partial charge on any atom is 0.161 e. The molecular formula is C11H9N2O3S-. The number of thioether (sulfide) groups is 1. The standard InChI is InChI=1S/C11H10N2O3S/c1-6-9(7(2)14)3-8(4-12)11(13-6)17-5-10(15)16/h3H,5H2,1-2H3,(H,15,16)/p-1. The first-order valence-electron chi connectivity index (χ1n) is 4.71. The Labute approximate surface area is 102 Å². The second-order valence-corrected chi connectivity index (χ2v) is 4.27. The van der Waals surface area contributed by atoms with Crippen molar-refractivity contribution in [2.75, 3.05) is 5.75 Å². The molecule has 0 spiro atoms. The van der Waals surface area contributed by atoms with E-state index in [9.17, 15) is 14.7 Å². The van der Waals surface area contributed by atoms with E-state index in [4.69, 9.17) is 5.26 Å². The fraction of sp³-hybridized carbons (Fsp3) is 0.273. The van der Waals surface area contributed by atoms with Gasteiger partial charge in [0.05, 0.1) is 11.5 Å². The predicted molar refractivity (Wildman–Crippen MR) is 59.4 cm³/mol. The van der Waals surface area contributed by atoms with E-state index in [1.165, 1.54) is 13.0 Å². The summed E-state index contributed by atoms with van der Waals surface area (Å²) in [6, 6.07) is 3.33. The number of carboxylic acids is 1. The number of hydrogen-bond donors (Lipinski definition) is 0. The normalized spacial score (nSPS) is 9.71. The second kappa shape index (κ2) is 5.46. The lowest BCUT2D eigenvalue weighted by molar-refractivity contribution is -0.301. The van der Waals surface area contributed by atoms with Crippen LogP contribution in [0.15, 0.2) is 11.1 Å². The third-order valence-electron chi connectivity index (χ3n) is 2.00. The summed E-state index contributed by atoms with van der Waals surface area (Å²) in [5.74, 6) is -1.68. The van der Waals surface area contributed by atoms with Gasteiger partial charge in [-0.2, -0.15) is 5.26 Å². The summed E-state index contributed by atoms with van der Waals surface area (Å²) in [4.78, 5) is 25.7. The highest BCUT2D eigenvalue weighted by Gasteiger charge is 2.12. The Morgan fingerprint density at radius 2 is 2.24 bits per heavy atom. The zero-order valence-corrected chi connectivity index (χ0v) is 10.1. The highest BCUT2D eigenvalue weighted by molar-refractivity contribution is 7.99. The number of aryl methyl sites for hydroxylation is 1. The summed E-state index contributed by atoms with van der Waals surface area (Å²) in [6.45, 7) is 3.03. The van der Waals surface area contributed by atoms with E-state index in [-0.39, 0.29) is 17.1 Å². The minimum Gasteiger partial charge on any atom is -0.549 e. The molecule has 88 valence electrons. The molecule has 0 aliphatic heterocycles. The zero-order valence-electron chi connectivity index (χ0n) is 9.31. The summed E-state index contributed by atoms with van der Waals surface area (Å²) in [5.41, 5.74) is 1.06. The van der Waals surface area contributed by atoms with Crippen LogP contribution >= 0.6 is 11.8 Å². The highest BCUT2D eigenvalue weighted by Crippen LogP contribution is 2.22. The molecule has 0 aliphatic carbocycles. The van der Waals surface area contributed by atoms with Crippen molar-refractivity contribution in [3.63, 3.8) is 0 Å². The summed E-state index contributed by atoms with van der Waals surface area (Å²) >= 11 is 0.907. The average Bonchev–Trinajstić information content (AvgIpc) is 2.25. The lowest BCUT2D eigenvalue weighted by Crippen LogP contribution is -2.24. The van der Waals surface area contributed by atoms with Crippen molar-refractivity contribution in [2.24, 2.45) is 0 Å². The van der Waals surface area contributed by atoms with Gasteiger partial charge in [0.2, 0.25) is 0 Å². The van der Waals surface area contributed by atoms with E-state index in [0.717, 1.165) is 11.8 Å². The van der Waals surface area contributed by atoms with E-state index >= 15 is 0 Å². The number of aromatic nitrogens is 1. The Balaban J connectivity index is 3.15. The zero-order chi connectivity index (χ0) is 13.0. The summed E-state index contributed by atoms with van der Waals surface area (Å²) < 4.78 is 0. The van der Waals surface area contributed by atoms with E-state index in [1.807, 2.05) is 6.07 Å². The molecule has 0 saturated heterocycles. The molecule has 1 heterocycles. The van der Waals surface area contributed by atoms with Crippen molar-refractivity contribution in [3.8, 4) is 6.07 Å². The van der Waals surface area contributed by atoms with Gasteiger partial charge in [0.1, 0.15) is 11.1 Å². The molecular weight excluding hydrogens is 240 g/mol. The van der Waals surface area contributed by atoms with Crippen molar-refractivity contribution in [1.29, 1.82) is 5.26 Å². The van der Waals surface area contributed by atoms with Gasteiger partial charge in [0, 0.05) is 17.0 Å². The Kier molecular flexibility index (Phi) is 4.24. The van der Waals surface area contributed by atoms with Crippen LogP contribution in [-0.4, -0.2) is 22.5 Å². The Hall–Kier alpha value is -1.87. The Morgan fingerprint density at radius 1 is 1.59 bits per heavy atom. The van der Waals surface area contributed by atoms with Crippen LogP contribution in [0.3, 0.4) is 0 Å². The number of pyridine rings is 1.